The summed E-state index contributed by atoms with van der Waals surface area (Å²) in [5, 5.41) is 3.15. The standard InChI is InChI=1S/C11H15N3O2S.ClH/c1-2-14-4-3-7-8(5-14)17-11(13-6-15)9(7)10(12)16;/h6H,2-5H2,1H3,(H2,12,16)(H,13,15);1H. The van der Waals surface area contributed by atoms with Crippen LogP contribution in [0.3, 0.4) is 0 Å². The van der Waals surface area contributed by atoms with E-state index in [0.29, 0.717) is 17.0 Å². The van der Waals surface area contributed by atoms with Crippen molar-refractivity contribution in [1.29, 1.82) is 0 Å². The molecule has 100 valence electrons. The largest absolute Gasteiger partial charge is 0.365 e. The van der Waals surface area contributed by atoms with Gasteiger partial charge >= 0.3 is 0 Å². The van der Waals surface area contributed by atoms with E-state index in [4.69, 9.17) is 5.73 Å². The number of thiophene rings is 1. The molecule has 1 aromatic rings. The third kappa shape index (κ3) is 2.66. The fraction of sp³-hybridized carbons (Fsp3) is 0.455. The maximum atomic E-state index is 11.4. The van der Waals surface area contributed by atoms with Gasteiger partial charge in [0.05, 0.1) is 5.56 Å². The molecule has 18 heavy (non-hydrogen) atoms. The van der Waals surface area contributed by atoms with Gasteiger partial charge in [0.25, 0.3) is 5.91 Å². The van der Waals surface area contributed by atoms with Crippen molar-refractivity contribution in [3.63, 3.8) is 0 Å². The maximum Gasteiger partial charge on any atom is 0.251 e. The number of hydrogen-bond acceptors (Lipinski definition) is 4. The minimum absolute atomic E-state index is 0. The summed E-state index contributed by atoms with van der Waals surface area (Å²) < 4.78 is 0. The number of primary amides is 1. The molecule has 7 heteroatoms. The van der Waals surface area contributed by atoms with Crippen LogP contribution in [0.2, 0.25) is 0 Å². The van der Waals surface area contributed by atoms with Crippen molar-refractivity contribution in [3.05, 3.63) is 16.0 Å². The summed E-state index contributed by atoms with van der Waals surface area (Å²) in [6.45, 7) is 4.86. The predicted octanol–water partition coefficient (Wildman–Crippen LogP) is 1.22. The zero-order chi connectivity index (χ0) is 12.4. The van der Waals surface area contributed by atoms with Crippen molar-refractivity contribution in [1.82, 2.24) is 4.90 Å². The van der Waals surface area contributed by atoms with Crippen LogP contribution in [0.15, 0.2) is 0 Å². The number of nitrogens with one attached hydrogen (secondary N) is 1. The molecule has 0 radical (unpaired) electrons. The van der Waals surface area contributed by atoms with Crippen LogP contribution in [0.4, 0.5) is 5.00 Å². The molecule has 0 aromatic carbocycles. The Hall–Kier alpha value is -1.11. The van der Waals surface area contributed by atoms with E-state index in [1.54, 1.807) is 0 Å². The number of nitrogens with two attached hydrogens (primary N) is 1. The Morgan fingerprint density at radius 1 is 1.61 bits per heavy atom. The molecule has 0 fully saturated rings. The van der Waals surface area contributed by atoms with Gasteiger partial charge in [-0.05, 0) is 18.5 Å². The average molecular weight is 290 g/mol. The molecule has 0 spiro atoms. The van der Waals surface area contributed by atoms with Crippen molar-refractivity contribution >= 4 is 41.1 Å². The molecule has 0 unspecified atom stereocenters. The van der Waals surface area contributed by atoms with E-state index in [9.17, 15) is 9.59 Å². The molecule has 0 saturated heterocycles. The number of rotatable bonds is 4. The molecule has 3 N–H and O–H groups in total. The van der Waals surface area contributed by atoms with Crippen LogP contribution in [-0.2, 0) is 17.8 Å². The van der Waals surface area contributed by atoms with E-state index in [1.165, 1.54) is 11.3 Å². The van der Waals surface area contributed by atoms with E-state index < -0.39 is 5.91 Å². The van der Waals surface area contributed by atoms with Crippen molar-refractivity contribution in [2.45, 2.75) is 19.9 Å². The molecule has 0 saturated carbocycles. The fourth-order valence-electron chi connectivity index (χ4n) is 2.14. The summed E-state index contributed by atoms with van der Waals surface area (Å²) in [4.78, 5) is 25.4. The second-order valence-corrected chi connectivity index (χ2v) is 5.06. The Morgan fingerprint density at radius 2 is 2.33 bits per heavy atom. The first kappa shape index (κ1) is 14.9. The predicted molar refractivity (Wildman–Crippen MR) is 74.4 cm³/mol. The van der Waals surface area contributed by atoms with Gasteiger partial charge in [0, 0.05) is 18.0 Å². The molecule has 0 atom stereocenters. The Balaban J connectivity index is 0.00000162. The smallest absolute Gasteiger partial charge is 0.251 e. The number of fused-ring (bicyclic) bond motifs is 1. The lowest BCUT2D eigenvalue weighted by atomic mass is 10.0. The van der Waals surface area contributed by atoms with E-state index in [1.807, 2.05) is 0 Å². The lowest BCUT2D eigenvalue weighted by Gasteiger charge is -2.25. The summed E-state index contributed by atoms with van der Waals surface area (Å²) >= 11 is 1.45. The molecule has 0 bridgehead atoms. The average Bonchev–Trinajstić information content (AvgIpc) is 2.66. The first-order chi connectivity index (χ1) is 8.17. The molecule has 2 heterocycles. The summed E-state index contributed by atoms with van der Waals surface area (Å²) in [6.07, 6.45) is 1.40. The Morgan fingerprint density at radius 3 is 2.89 bits per heavy atom. The van der Waals surface area contributed by atoms with Crippen molar-refractivity contribution in [2.24, 2.45) is 5.73 Å². The van der Waals surface area contributed by atoms with Crippen LogP contribution >= 0.6 is 23.7 Å². The van der Waals surface area contributed by atoms with Gasteiger partial charge in [-0.1, -0.05) is 6.92 Å². The minimum atomic E-state index is -0.461. The van der Waals surface area contributed by atoms with Crippen LogP contribution in [-0.4, -0.2) is 30.3 Å². The summed E-state index contributed by atoms with van der Waals surface area (Å²) in [7, 11) is 0. The monoisotopic (exact) mass is 289 g/mol. The second kappa shape index (κ2) is 6.17. The number of hydrogen-bond donors (Lipinski definition) is 2. The van der Waals surface area contributed by atoms with Gasteiger partial charge in [0.15, 0.2) is 0 Å². The highest BCUT2D eigenvalue weighted by atomic mass is 35.5. The number of nitrogens with zero attached hydrogens (tertiary/aromatic N) is 1. The lowest BCUT2D eigenvalue weighted by Crippen LogP contribution is -2.30. The van der Waals surface area contributed by atoms with Gasteiger partial charge in [-0.15, -0.1) is 23.7 Å². The summed E-state index contributed by atoms with van der Waals surface area (Å²) in [5.41, 5.74) is 6.88. The molecule has 2 amide bonds. The molecule has 1 aliphatic heterocycles. The number of amides is 2. The molecule has 1 aromatic heterocycles. The highest BCUT2D eigenvalue weighted by Gasteiger charge is 2.26. The lowest BCUT2D eigenvalue weighted by molar-refractivity contribution is -0.105. The molecule has 2 rings (SSSR count). The van der Waals surface area contributed by atoms with Crippen LogP contribution < -0.4 is 11.1 Å². The van der Waals surface area contributed by atoms with Crippen LogP contribution in [0, 0.1) is 0 Å². The Labute approximate surface area is 116 Å². The Kier molecular flexibility index (Phi) is 5.13. The normalized spacial score (nSPS) is 14.5. The molecule has 1 aliphatic rings. The van der Waals surface area contributed by atoms with Gasteiger partial charge in [-0.3, -0.25) is 14.5 Å². The van der Waals surface area contributed by atoms with Crippen molar-refractivity contribution < 1.29 is 9.59 Å². The summed E-state index contributed by atoms with van der Waals surface area (Å²) in [5.74, 6) is -0.461. The van der Waals surface area contributed by atoms with Crippen LogP contribution in [0.5, 0.6) is 0 Å². The van der Waals surface area contributed by atoms with Gasteiger partial charge in [0.1, 0.15) is 5.00 Å². The SMILES string of the molecule is CCN1CCc2c(sc(NC=O)c2C(N)=O)C1.Cl. The van der Waals surface area contributed by atoms with E-state index in [0.717, 1.165) is 36.5 Å². The molecule has 0 aliphatic carbocycles. The van der Waals surface area contributed by atoms with E-state index in [-0.39, 0.29) is 12.4 Å². The molecular formula is C11H16ClN3O2S. The van der Waals surface area contributed by atoms with Crippen LogP contribution in [0.25, 0.3) is 0 Å². The highest BCUT2D eigenvalue weighted by molar-refractivity contribution is 7.16. The topological polar surface area (TPSA) is 75.4 Å². The third-order valence-corrected chi connectivity index (χ3v) is 4.17. The van der Waals surface area contributed by atoms with Crippen molar-refractivity contribution in [3.8, 4) is 0 Å². The van der Waals surface area contributed by atoms with E-state index in [2.05, 4.69) is 17.1 Å². The number of carbonyl (C=O) groups excluding carboxylic acids is 2. The highest BCUT2D eigenvalue weighted by Crippen LogP contribution is 2.36. The quantitative estimate of drug-likeness (QED) is 0.818. The minimum Gasteiger partial charge on any atom is -0.365 e. The molecular weight excluding hydrogens is 274 g/mol. The first-order valence-electron chi connectivity index (χ1n) is 5.54. The number of carbonyl (C=O) groups is 2. The second-order valence-electron chi connectivity index (χ2n) is 3.95. The molecule has 5 nitrogen and oxygen atoms in total. The fourth-order valence-corrected chi connectivity index (χ4v) is 3.40. The number of halogens is 1. The Bertz CT molecular complexity index is 461. The zero-order valence-electron chi connectivity index (χ0n) is 10.1. The third-order valence-electron chi connectivity index (χ3n) is 3.02. The van der Waals surface area contributed by atoms with Crippen molar-refractivity contribution in [2.75, 3.05) is 18.4 Å². The van der Waals surface area contributed by atoms with Gasteiger partial charge in [0.2, 0.25) is 6.41 Å². The number of likely N-dealkylation sites (N-methyl/N-ethyl adjacent to an activating group) is 1. The van der Waals surface area contributed by atoms with Crippen LogP contribution in [0.1, 0.15) is 27.7 Å². The maximum absolute atomic E-state index is 11.4. The number of anilines is 1. The first-order valence-corrected chi connectivity index (χ1v) is 6.35. The van der Waals surface area contributed by atoms with Gasteiger partial charge in [-0.25, -0.2) is 0 Å². The summed E-state index contributed by atoms with van der Waals surface area (Å²) in [6, 6.07) is 0. The zero-order valence-corrected chi connectivity index (χ0v) is 11.7. The van der Waals surface area contributed by atoms with Gasteiger partial charge in [-0.2, -0.15) is 0 Å². The van der Waals surface area contributed by atoms with Gasteiger partial charge < -0.3 is 11.1 Å². The van der Waals surface area contributed by atoms with E-state index >= 15 is 0 Å².